The molecule has 0 radical (unpaired) electrons. The Kier molecular flexibility index (Phi) is 7.25. The lowest BCUT2D eigenvalue weighted by molar-refractivity contribution is -0.150. The van der Waals surface area contributed by atoms with Gasteiger partial charge in [-0.2, -0.15) is 4.31 Å². The number of benzene rings is 2. The van der Waals surface area contributed by atoms with Gasteiger partial charge in [0.05, 0.1) is 23.1 Å². The molecule has 0 bridgehead atoms. The molecule has 1 atom stereocenters. The minimum atomic E-state index is -4.03. The number of carbonyl (C=O) groups excluding carboxylic acids is 1. The average molecular weight is 426 g/mol. The van der Waals surface area contributed by atoms with E-state index in [0.29, 0.717) is 5.56 Å². The van der Waals surface area contributed by atoms with Crippen molar-refractivity contribution in [2.24, 2.45) is 0 Å². The van der Waals surface area contributed by atoms with Crippen molar-refractivity contribution in [2.45, 2.75) is 44.2 Å². The molecule has 0 aliphatic rings. The average Bonchev–Trinajstić information content (AvgIpc) is 2.67. The molecule has 0 N–H and O–H groups in total. The molecular weight excluding hydrogens is 398 g/mol. The lowest BCUT2D eigenvalue weighted by Gasteiger charge is -2.31. The van der Waals surface area contributed by atoms with E-state index >= 15 is 0 Å². The zero-order valence-corrected chi connectivity index (χ0v) is 18.6. The Balaban J connectivity index is 2.61. The van der Waals surface area contributed by atoms with E-state index in [-0.39, 0.29) is 17.0 Å². The molecule has 6 heteroatoms. The van der Waals surface area contributed by atoms with Crippen LogP contribution < -0.4 is 0 Å². The summed E-state index contributed by atoms with van der Waals surface area (Å²) < 4.78 is 33.6. The van der Waals surface area contributed by atoms with E-state index in [1.54, 1.807) is 63.2 Å². The van der Waals surface area contributed by atoms with Gasteiger partial charge in [0.1, 0.15) is 5.60 Å². The van der Waals surface area contributed by atoms with Crippen LogP contribution in [0.15, 0.2) is 71.6 Å². The minimum absolute atomic E-state index is 0.0120. The van der Waals surface area contributed by atoms with Gasteiger partial charge in [0, 0.05) is 0 Å². The quantitative estimate of drug-likeness (QED) is 0.378. The molecule has 0 saturated carbocycles. The van der Waals surface area contributed by atoms with Crippen molar-refractivity contribution in [3.05, 3.63) is 77.9 Å². The second kappa shape index (κ2) is 9.29. The zero-order valence-electron chi connectivity index (χ0n) is 17.8. The second-order valence-electron chi connectivity index (χ2n) is 7.91. The van der Waals surface area contributed by atoms with Crippen LogP contribution in [0.4, 0.5) is 0 Å². The number of hydrogen-bond donors (Lipinski definition) is 0. The molecule has 0 spiro atoms. The monoisotopic (exact) mass is 425 g/mol. The van der Waals surface area contributed by atoms with Crippen LogP contribution >= 0.6 is 0 Å². The molecule has 2 aromatic carbocycles. The number of hydrogen-bond acceptors (Lipinski definition) is 4. The number of carbonyl (C=O) groups is 1. The normalized spacial score (nSPS) is 12.8. The van der Waals surface area contributed by atoms with Crippen LogP contribution in [0.1, 0.15) is 37.9 Å². The Bertz CT molecular complexity index is 1040. The first-order chi connectivity index (χ1) is 14.0. The third-order valence-corrected chi connectivity index (χ3v) is 6.09. The first-order valence-corrected chi connectivity index (χ1v) is 10.9. The van der Waals surface area contributed by atoms with Gasteiger partial charge in [-0.1, -0.05) is 60.5 Å². The van der Waals surface area contributed by atoms with Crippen molar-refractivity contribution < 1.29 is 17.9 Å². The summed E-state index contributed by atoms with van der Waals surface area (Å²) >= 11 is 0. The highest BCUT2D eigenvalue weighted by atomic mass is 32.2. The second-order valence-corrected chi connectivity index (χ2v) is 9.80. The number of sulfonamides is 1. The molecule has 0 heterocycles. The lowest BCUT2D eigenvalue weighted by atomic mass is 9.99. The van der Waals surface area contributed by atoms with Gasteiger partial charge in [0.25, 0.3) is 0 Å². The van der Waals surface area contributed by atoms with E-state index in [4.69, 9.17) is 11.2 Å². The molecule has 5 nitrogen and oxygen atoms in total. The maximum absolute atomic E-state index is 13.5. The summed E-state index contributed by atoms with van der Waals surface area (Å²) in [6.07, 6.45) is 5.52. The van der Waals surface area contributed by atoms with E-state index < -0.39 is 27.6 Å². The Morgan fingerprint density at radius 3 is 2.20 bits per heavy atom. The Morgan fingerprint density at radius 2 is 1.70 bits per heavy atom. The molecule has 0 aromatic heterocycles. The molecule has 0 fully saturated rings. The Hall–Kier alpha value is -2.88. The van der Waals surface area contributed by atoms with Crippen molar-refractivity contribution in [2.75, 3.05) is 6.54 Å². The number of ether oxygens (including phenoxy) is 1. The van der Waals surface area contributed by atoms with Gasteiger partial charge in [-0.15, -0.1) is 6.42 Å². The first-order valence-electron chi connectivity index (χ1n) is 9.46. The standard InChI is InChI=1S/C24H27NO4S/c1-7-17-25(30(27,28)21-15-13-18(2)14-16-21)22(20-11-9-8-10-12-20)19(3)23(26)29-24(4,5)6/h1,8-16,22H,3,17H2,2,4-6H3. The number of rotatable bonds is 7. The summed E-state index contributed by atoms with van der Waals surface area (Å²) in [6, 6.07) is 14.2. The van der Waals surface area contributed by atoms with E-state index in [1.165, 1.54) is 12.1 Å². The summed E-state index contributed by atoms with van der Waals surface area (Å²) in [5.41, 5.74) is 0.727. The summed E-state index contributed by atoms with van der Waals surface area (Å²) in [4.78, 5) is 12.9. The van der Waals surface area contributed by atoms with Crippen molar-refractivity contribution in [1.82, 2.24) is 4.31 Å². The molecule has 0 aliphatic heterocycles. The summed E-state index contributed by atoms with van der Waals surface area (Å²) in [6.45, 7) is 10.7. The predicted molar refractivity (Wildman–Crippen MR) is 118 cm³/mol. The smallest absolute Gasteiger partial charge is 0.335 e. The molecule has 0 saturated heterocycles. The van der Waals surface area contributed by atoms with Crippen LogP contribution in [0, 0.1) is 19.3 Å². The van der Waals surface area contributed by atoms with Crippen LogP contribution in [0.3, 0.4) is 0 Å². The van der Waals surface area contributed by atoms with E-state index in [9.17, 15) is 13.2 Å². The van der Waals surface area contributed by atoms with Gasteiger partial charge < -0.3 is 4.74 Å². The largest absolute Gasteiger partial charge is 0.457 e. The molecular formula is C24H27NO4S. The van der Waals surface area contributed by atoms with Crippen molar-refractivity contribution in [1.29, 1.82) is 0 Å². The maximum atomic E-state index is 13.5. The van der Waals surface area contributed by atoms with E-state index in [1.807, 2.05) is 6.92 Å². The summed E-state index contributed by atoms with van der Waals surface area (Å²) in [5.74, 6) is 1.72. The Labute approximate surface area is 179 Å². The van der Waals surface area contributed by atoms with Gasteiger partial charge in [-0.25, -0.2) is 13.2 Å². The summed E-state index contributed by atoms with van der Waals surface area (Å²) in [7, 11) is -4.03. The van der Waals surface area contributed by atoms with Crippen LogP contribution in [0.25, 0.3) is 0 Å². The van der Waals surface area contributed by atoms with Crippen molar-refractivity contribution >= 4 is 16.0 Å². The molecule has 2 rings (SSSR count). The topological polar surface area (TPSA) is 63.7 Å². The van der Waals surface area contributed by atoms with Crippen LogP contribution in [-0.4, -0.2) is 30.8 Å². The number of esters is 1. The first kappa shape index (κ1) is 23.4. The highest BCUT2D eigenvalue weighted by molar-refractivity contribution is 7.89. The molecule has 1 unspecified atom stereocenters. The Morgan fingerprint density at radius 1 is 1.13 bits per heavy atom. The molecule has 30 heavy (non-hydrogen) atoms. The fourth-order valence-corrected chi connectivity index (χ4v) is 4.40. The predicted octanol–water partition coefficient (Wildman–Crippen LogP) is 4.26. The number of nitrogens with zero attached hydrogens (tertiary/aromatic N) is 1. The minimum Gasteiger partial charge on any atom is -0.457 e. The highest BCUT2D eigenvalue weighted by Gasteiger charge is 2.37. The van der Waals surface area contributed by atoms with Crippen LogP contribution in [0.5, 0.6) is 0 Å². The van der Waals surface area contributed by atoms with E-state index in [0.717, 1.165) is 9.87 Å². The third-order valence-electron chi connectivity index (χ3n) is 4.27. The molecule has 2 aromatic rings. The fraction of sp³-hybridized carbons (Fsp3) is 0.292. The SMILES string of the molecule is C#CCN(C(C(=C)C(=O)OC(C)(C)C)c1ccccc1)S(=O)(=O)c1ccc(C)cc1. The molecule has 0 amide bonds. The van der Waals surface area contributed by atoms with Crippen molar-refractivity contribution in [3.63, 3.8) is 0 Å². The van der Waals surface area contributed by atoms with Gasteiger partial charge in [0.15, 0.2) is 0 Å². The zero-order chi connectivity index (χ0) is 22.5. The third kappa shape index (κ3) is 5.59. The van der Waals surface area contributed by atoms with Gasteiger partial charge >= 0.3 is 5.97 Å². The number of aryl methyl sites for hydroxylation is 1. The lowest BCUT2D eigenvalue weighted by Crippen LogP contribution is -2.38. The van der Waals surface area contributed by atoms with Crippen molar-refractivity contribution in [3.8, 4) is 12.3 Å². The highest BCUT2D eigenvalue weighted by Crippen LogP contribution is 2.34. The van der Waals surface area contributed by atoms with E-state index in [2.05, 4.69) is 12.5 Å². The van der Waals surface area contributed by atoms with Crippen LogP contribution in [0.2, 0.25) is 0 Å². The number of terminal acetylenes is 1. The van der Waals surface area contributed by atoms with Gasteiger partial charge in [0.2, 0.25) is 10.0 Å². The fourth-order valence-electron chi connectivity index (χ4n) is 2.88. The molecule has 0 aliphatic carbocycles. The van der Waals surface area contributed by atoms with Gasteiger partial charge in [-0.3, -0.25) is 0 Å². The maximum Gasteiger partial charge on any atom is 0.335 e. The van der Waals surface area contributed by atoms with Gasteiger partial charge in [-0.05, 0) is 45.4 Å². The molecule has 158 valence electrons. The van der Waals surface area contributed by atoms with Crippen LogP contribution in [-0.2, 0) is 19.6 Å². The summed E-state index contributed by atoms with van der Waals surface area (Å²) in [5, 5.41) is 0.